The molecule has 0 spiro atoms. The number of thiol groups is 1. The minimum absolute atomic E-state index is 0. The number of hydrogen-bond acceptors (Lipinski definition) is 8. The smallest absolute Gasteiger partial charge is 0.110 e. The first-order valence-electron chi connectivity index (χ1n) is 11.6. The summed E-state index contributed by atoms with van der Waals surface area (Å²) in [5.41, 5.74) is 6.92. The third kappa shape index (κ3) is 43.0. The fourth-order valence-electron chi connectivity index (χ4n) is 1.88. The molecule has 0 aromatic heterocycles. The molecule has 3 N–H and O–H groups in total. The minimum Gasteiger partial charge on any atom is -0.676 e. The van der Waals surface area contributed by atoms with Gasteiger partial charge in [-0.2, -0.15) is 0 Å². The molecule has 0 aliphatic rings. The van der Waals surface area contributed by atoms with Crippen molar-refractivity contribution in [1.82, 2.24) is 5.32 Å². The van der Waals surface area contributed by atoms with Crippen LogP contribution in [0, 0.1) is 5.92 Å². The van der Waals surface area contributed by atoms with Crippen LogP contribution in [0.3, 0.4) is 0 Å². The van der Waals surface area contributed by atoms with Gasteiger partial charge in [-0.3, -0.25) is 0 Å². The first-order chi connectivity index (χ1) is 15.4. The molecule has 0 rings (SSSR count). The molecule has 0 fully saturated rings. The predicted octanol–water partition coefficient (Wildman–Crippen LogP) is 3.59. The van der Waals surface area contributed by atoms with Crippen molar-refractivity contribution in [2.45, 2.75) is 46.0 Å². The molecule has 0 aromatic rings. The van der Waals surface area contributed by atoms with Gasteiger partial charge in [-0.05, 0) is 19.9 Å². The molecule has 0 bridgehead atoms. The summed E-state index contributed by atoms with van der Waals surface area (Å²) in [5, 5.41) is 11.2. The molecule has 0 aliphatic carbocycles. The van der Waals surface area contributed by atoms with Gasteiger partial charge < -0.3 is 39.8 Å². The van der Waals surface area contributed by atoms with E-state index in [2.05, 4.69) is 31.8 Å². The van der Waals surface area contributed by atoms with E-state index in [1.807, 2.05) is 33.9 Å². The molecule has 0 saturated carbocycles. The van der Waals surface area contributed by atoms with Crippen molar-refractivity contribution in [1.29, 1.82) is 0 Å². The second kappa shape index (κ2) is 34.6. The van der Waals surface area contributed by atoms with Crippen molar-refractivity contribution in [3.63, 3.8) is 0 Å². The number of nitrogens with one attached hydrogen (secondary N) is 2. The third-order valence-corrected chi connectivity index (χ3v) is 3.82. The summed E-state index contributed by atoms with van der Waals surface area (Å²) >= 11 is 4.49. The molecule has 8 nitrogen and oxygen atoms in total. The Morgan fingerprint density at radius 2 is 1.39 bits per heavy atom. The normalized spacial score (nSPS) is 12.4. The van der Waals surface area contributed by atoms with Gasteiger partial charge in [0.2, 0.25) is 0 Å². The van der Waals surface area contributed by atoms with E-state index >= 15 is 0 Å². The van der Waals surface area contributed by atoms with E-state index in [1.54, 1.807) is 6.08 Å². The molecule has 0 radical (unpaired) electrons. The van der Waals surface area contributed by atoms with Crippen LogP contribution in [0.1, 0.15) is 41.0 Å². The van der Waals surface area contributed by atoms with Gasteiger partial charge in [-0.15, -0.1) is 19.2 Å². The van der Waals surface area contributed by atoms with Crippen molar-refractivity contribution in [2.75, 3.05) is 86.2 Å². The molecule has 1 atom stereocenters. The molecule has 1 unspecified atom stereocenters. The Morgan fingerprint density at radius 1 is 0.909 bits per heavy atom. The Hall–Kier alpha value is 0.458. The molecule has 0 aliphatic heterocycles. The Morgan fingerprint density at radius 3 is 1.85 bits per heavy atom. The summed E-state index contributed by atoms with van der Waals surface area (Å²) in [7, 11) is 1.89. The van der Waals surface area contributed by atoms with E-state index in [-0.39, 0.29) is 34.2 Å². The number of hydrogen-bond donors (Lipinski definition) is 3. The largest absolute Gasteiger partial charge is 0.676 e. The van der Waals surface area contributed by atoms with Crippen LogP contribution in [0.25, 0.3) is 5.73 Å². The fourth-order valence-corrected chi connectivity index (χ4v) is 2.06. The Kier molecular flexibility index (Phi) is 42.6. The van der Waals surface area contributed by atoms with Crippen molar-refractivity contribution >= 4 is 12.6 Å². The average molecular weight is 668 g/mol. The summed E-state index contributed by atoms with van der Waals surface area (Å²) in [6.45, 7) is 16.3. The Bertz CT molecular complexity index is 346. The summed E-state index contributed by atoms with van der Waals surface area (Å²) in [4.78, 5) is -0.530. The van der Waals surface area contributed by atoms with Crippen molar-refractivity contribution in [2.24, 2.45) is 5.92 Å². The maximum atomic E-state index is 8.23. The molecule has 33 heavy (non-hydrogen) atoms. The molecule has 10 heteroatoms. The summed E-state index contributed by atoms with van der Waals surface area (Å²) in [6, 6.07) is 0. The van der Waals surface area contributed by atoms with Gasteiger partial charge in [0.05, 0.1) is 59.5 Å². The predicted molar refractivity (Wildman–Crippen MR) is 137 cm³/mol. The second-order valence-corrected chi connectivity index (χ2v) is 7.88. The van der Waals surface area contributed by atoms with Gasteiger partial charge in [0.15, 0.2) is 0 Å². The van der Waals surface area contributed by atoms with Gasteiger partial charge in [-0.25, -0.2) is 0 Å². The number of aliphatic hydroxyl groups excluding tert-OH is 1. The van der Waals surface area contributed by atoms with Gasteiger partial charge >= 0.3 is 0 Å². The van der Waals surface area contributed by atoms with Crippen LogP contribution in [0.4, 0.5) is 0 Å². The van der Waals surface area contributed by atoms with E-state index in [1.165, 1.54) is 0 Å². The Labute approximate surface area is 223 Å². The zero-order valence-corrected chi connectivity index (χ0v) is 25.6. The van der Waals surface area contributed by atoms with Crippen LogP contribution in [0.5, 0.6) is 0 Å². The zero-order chi connectivity index (χ0) is 24.9. The standard InChI is InChI=1S/C15H33N2O5S.C6H12O.C2H6.W/c1-15(23,3-6-18-9-11-20-8-5-17-2)22-14-13-21-12-10-19-7-4-16;1-6(2)4-3-5-7;1-2;/h16-17,23H,3-14H2,1-2H3;3-4,6-7H,5H2,1-2H3;1-2H3;/q-1;;;/b;4-3+;;. The maximum absolute atomic E-state index is 8.23. The van der Waals surface area contributed by atoms with E-state index in [0.29, 0.717) is 71.8 Å². The fraction of sp³-hybridized carbons (Fsp3) is 0.913. The van der Waals surface area contributed by atoms with Crippen LogP contribution in [-0.2, 0) is 44.7 Å². The first kappa shape index (κ1) is 40.6. The quantitative estimate of drug-likeness (QED) is 0.0790. The number of rotatable bonds is 20. The minimum atomic E-state index is -0.530. The number of aliphatic hydroxyl groups is 1. The van der Waals surface area contributed by atoms with Crippen LogP contribution in [-0.4, -0.2) is 96.2 Å². The van der Waals surface area contributed by atoms with Crippen molar-refractivity contribution in [3.8, 4) is 0 Å². The van der Waals surface area contributed by atoms with Gasteiger partial charge in [0.25, 0.3) is 0 Å². The number of ether oxygens (including phenoxy) is 5. The van der Waals surface area contributed by atoms with Crippen LogP contribution in [0.15, 0.2) is 12.2 Å². The van der Waals surface area contributed by atoms with Crippen LogP contribution < -0.4 is 5.32 Å². The molecular formula is C23H51N2O6SW-. The maximum Gasteiger partial charge on any atom is 0.110 e. The SMILES string of the molecule is CC.CC(C)/C=C/CO.CNCCOCCOCCC(C)(S)OCCOCCOCC[NH-].[W]. The van der Waals surface area contributed by atoms with Crippen LogP contribution in [0.2, 0.25) is 0 Å². The van der Waals surface area contributed by atoms with Gasteiger partial charge in [-0.1, -0.05) is 39.8 Å². The topological polar surface area (TPSA) is 102 Å². The molecule has 0 heterocycles. The molecule has 0 amide bonds. The van der Waals surface area contributed by atoms with E-state index in [0.717, 1.165) is 6.54 Å². The van der Waals surface area contributed by atoms with E-state index in [9.17, 15) is 0 Å². The zero-order valence-electron chi connectivity index (χ0n) is 21.8. The number of allylic oxidation sites excluding steroid dienone is 1. The second-order valence-electron chi connectivity index (χ2n) is 6.93. The molecule has 0 aromatic carbocycles. The summed E-state index contributed by atoms with van der Waals surface area (Å²) < 4.78 is 27.0. The molecule has 0 saturated heterocycles. The molecular weight excluding hydrogens is 616 g/mol. The third-order valence-electron chi connectivity index (χ3n) is 3.46. The summed E-state index contributed by atoms with van der Waals surface area (Å²) in [5.74, 6) is 0.562. The molecule has 202 valence electrons. The number of likely N-dealkylation sites (N-methyl/N-ethyl adjacent to an activating group) is 1. The van der Waals surface area contributed by atoms with Gasteiger partial charge in [0.1, 0.15) is 4.93 Å². The van der Waals surface area contributed by atoms with E-state index in [4.69, 9.17) is 34.5 Å². The van der Waals surface area contributed by atoms with Gasteiger partial charge in [0, 0.05) is 40.6 Å². The monoisotopic (exact) mass is 667 g/mol. The van der Waals surface area contributed by atoms with Crippen LogP contribution >= 0.6 is 12.6 Å². The van der Waals surface area contributed by atoms with Crippen molar-refractivity contribution in [3.05, 3.63) is 17.9 Å². The van der Waals surface area contributed by atoms with E-state index < -0.39 is 4.93 Å². The summed E-state index contributed by atoms with van der Waals surface area (Å²) in [6.07, 6.45) is 4.42. The average Bonchev–Trinajstić information content (AvgIpc) is 2.77. The Balaban J connectivity index is -0.000000357. The first-order valence-corrected chi connectivity index (χ1v) is 12.1. The van der Waals surface area contributed by atoms with Crippen molar-refractivity contribution < 1.29 is 49.9 Å².